The molecule has 0 bridgehead atoms. The minimum atomic E-state index is -0.773. The predicted octanol–water partition coefficient (Wildman–Crippen LogP) is 0.881. The molecule has 0 aliphatic heterocycles. The maximum absolute atomic E-state index is 13.7. The van der Waals surface area contributed by atoms with E-state index in [4.69, 9.17) is 5.73 Å². The van der Waals surface area contributed by atoms with Crippen LogP contribution in [-0.4, -0.2) is 30.9 Å². The first kappa shape index (κ1) is 17.4. The van der Waals surface area contributed by atoms with Crippen molar-refractivity contribution in [3.63, 3.8) is 0 Å². The SMILES string of the molecule is CCCNC(=O)NC(=O)CNc1cc(C(N)=O)cc(F)c1C. The van der Waals surface area contributed by atoms with Gasteiger partial charge in [0.1, 0.15) is 5.82 Å². The molecule has 120 valence electrons. The molecule has 0 unspecified atom stereocenters. The number of nitrogens with two attached hydrogens (primary N) is 1. The van der Waals surface area contributed by atoms with Gasteiger partial charge >= 0.3 is 6.03 Å². The Morgan fingerprint density at radius 2 is 1.95 bits per heavy atom. The van der Waals surface area contributed by atoms with Crippen LogP contribution in [0.15, 0.2) is 12.1 Å². The van der Waals surface area contributed by atoms with Crippen molar-refractivity contribution in [2.24, 2.45) is 5.73 Å². The molecule has 1 aromatic rings. The van der Waals surface area contributed by atoms with E-state index in [1.165, 1.54) is 13.0 Å². The fraction of sp³-hybridized carbons (Fsp3) is 0.357. The first-order chi connectivity index (χ1) is 10.3. The number of hydrogen-bond acceptors (Lipinski definition) is 4. The summed E-state index contributed by atoms with van der Waals surface area (Å²) in [6.07, 6.45) is 0.748. The first-order valence-electron chi connectivity index (χ1n) is 6.76. The number of anilines is 1. The van der Waals surface area contributed by atoms with Gasteiger partial charge in [-0.2, -0.15) is 0 Å². The topological polar surface area (TPSA) is 113 Å². The van der Waals surface area contributed by atoms with Gasteiger partial charge in [0.2, 0.25) is 11.8 Å². The van der Waals surface area contributed by atoms with Crippen LogP contribution in [0.3, 0.4) is 0 Å². The Kier molecular flexibility index (Phi) is 6.30. The molecular weight excluding hydrogens is 291 g/mol. The number of amides is 4. The summed E-state index contributed by atoms with van der Waals surface area (Å²) < 4.78 is 13.7. The second kappa shape index (κ2) is 7.96. The van der Waals surface area contributed by atoms with Gasteiger partial charge < -0.3 is 16.4 Å². The predicted molar refractivity (Wildman–Crippen MR) is 80.0 cm³/mol. The minimum absolute atomic E-state index is 0.00769. The number of carbonyl (C=O) groups excluding carboxylic acids is 3. The third-order valence-corrected chi connectivity index (χ3v) is 2.86. The Bertz CT molecular complexity index is 590. The minimum Gasteiger partial charge on any atom is -0.376 e. The fourth-order valence-corrected chi connectivity index (χ4v) is 1.63. The van der Waals surface area contributed by atoms with E-state index >= 15 is 0 Å². The monoisotopic (exact) mass is 310 g/mol. The van der Waals surface area contributed by atoms with Crippen molar-refractivity contribution in [3.8, 4) is 0 Å². The van der Waals surface area contributed by atoms with Crippen LogP contribution in [0, 0.1) is 12.7 Å². The summed E-state index contributed by atoms with van der Waals surface area (Å²) in [5.41, 5.74) is 5.60. The number of carbonyl (C=O) groups is 3. The number of urea groups is 1. The van der Waals surface area contributed by atoms with Gasteiger partial charge in [-0.05, 0) is 25.5 Å². The molecule has 0 heterocycles. The zero-order valence-electron chi connectivity index (χ0n) is 12.5. The number of benzene rings is 1. The molecule has 0 radical (unpaired) electrons. The van der Waals surface area contributed by atoms with E-state index in [1.807, 2.05) is 6.92 Å². The number of halogens is 1. The number of hydrogen-bond donors (Lipinski definition) is 4. The summed E-state index contributed by atoms with van der Waals surface area (Å²) in [7, 11) is 0. The van der Waals surface area contributed by atoms with Crippen LogP contribution in [0.4, 0.5) is 14.9 Å². The average Bonchev–Trinajstić information content (AvgIpc) is 2.46. The molecular formula is C14H19FN4O3. The second-order valence-corrected chi connectivity index (χ2v) is 4.65. The molecule has 7 nitrogen and oxygen atoms in total. The Morgan fingerprint density at radius 1 is 1.27 bits per heavy atom. The maximum atomic E-state index is 13.7. The molecule has 0 aromatic heterocycles. The highest BCUT2D eigenvalue weighted by Crippen LogP contribution is 2.20. The van der Waals surface area contributed by atoms with Crippen LogP contribution in [0.1, 0.15) is 29.3 Å². The van der Waals surface area contributed by atoms with Crippen LogP contribution in [0.5, 0.6) is 0 Å². The molecule has 0 saturated heterocycles. The van der Waals surface area contributed by atoms with Gasteiger partial charge in [0.05, 0.1) is 6.54 Å². The summed E-state index contributed by atoms with van der Waals surface area (Å²) >= 11 is 0. The molecule has 8 heteroatoms. The lowest BCUT2D eigenvalue weighted by atomic mass is 10.1. The van der Waals surface area contributed by atoms with Gasteiger partial charge in [0.25, 0.3) is 0 Å². The molecule has 0 saturated carbocycles. The normalized spacial score (nSPS) is 9.95. The number of imide groups is 1. The Balaban J connectivity index is 2.66. The van der Waals surface area contributed by atoms with Crippen molar-refractivity contribution in [2.45, 2.75) is 20.3 Å². The summed E-state index contributed by atoms with van der Waals surface area (Å²) in [6.45, 7) is 3.58. The molecule has 1 aromatic carbocycles. The Hall–Kier alpha value is -2.64. The van der Waals surface area contributed by atoms with Gasteiger partial charge in [-0.1, -0.05) is 6.92 Å². The van der Waals surface area contributed by atoms with E-state index in [0.717, 1.165) is 12.5 Å². The Morgan fingerprint density at radius 3 is 2.55 bits per heavy atom. The third-order valence-electron chi connectivity index (χ3n) is 2.86. The number of nitrogens with one attached hydrogen (secondary N) is 3. The van der Waals surface area contributed by atoms with Crippen molar-refractivity contribution in [1.82, 2.24) is 10.6 Å². The van der Waals surface area contributed by atoms with E-state index < -0.39 is 23.7 Å². The zero-order chi connectivity index (χ0) is 16.7. The first-order valence-corrected chi connectivity index (χ1v) is 6.76. The lowest BCUT2D eigenvalue weighted by Crippen LogP contribution is -2.42. The number of rotatable bonds is 6. The quantitative estimate of drug-likeness (QED) is 0.624. The summed E-state index contributed by atoms with van der Waals surface area (Å²) in [6, 6.07) is 1.79. The fourth-order valence-electron chi connectivity index (χ4n) is 1.63. The Labute approximate surface area is 127 Å². The molecule has 0 fully saturated rings. The number of primary amides is 1. The third kappa shape index (κ3) is 5.04. The second-order valence-electron chi connectivity index (χ2n) is 4.65. The molecule has 0 aliphatic rings. The van der Waals surface area contributed by atoms with Gasteiger partial charge in [-0.25, -0.2) is 9.18 Å². The van der Waals surface area contributed by atoms with Crippen LogP contribution < -0.4 is 21.7 Å². The highest BCUT2D eigenvalue weighted by molar-refractivity contribution is 5.97. The van der Waals surface area contributed by atoms with Crippen molar-refractivity contribution < 1.29 is 18.8 Å². The highest BCUT2D eigenvalue weighted by Gasteiger charge is 2.12. The van der Waals surface area contributed by atoms with E-state index in [9.17, 15) is 18.8 Å². The van der Waals surface area contributed by atoms with Gasteiger partial charge in [-0.3, -0.25) is 14.9 Å². The van der Waals surface area contributed by atoms with Crippen LogP contribution >= 0.6 is 0 Å². The van der Waals surface area contributed by atoms with E-state index in [-0.39, 0.29) is 23.4 Å². The summed E-state index contributed by atoms with van der Waals surface area (Å²) in [5.74, 6) is -1.97. The molecule has 1 rings (SSSR count). The van der Waals surface area contributed by atoms with Crippen LogP contribution in [-0.2, 0) is 4.79 Å². The van der Waals surface area contributed by atoms with E-state index in [0.29, 0.717) is 6.54 Å². The van der Waals surface area contributed by atoms with Gasteiger partial charge in [0, 0.05) is 23.4 Å². The summed E-state index contributed by atoms with van der Waals surface area (Å²) in [5, 5.41) is 7.28. The zero-order valence-corrected chi connectivity index (χ0v) is 12.5. The average molecular weight is 310 g/mol. The molecule has 5 N–H and O–H groups in total. The maximum Gasteiger partial charge on any atom is 0.321 e. The van der Waals surface area contributed by atoms with Crippen molar-refractivity contribution in [1.29, 1.82) is 0 Å². The molecule has 22 heavy (non-hydrogen) atoms. The van der Waals surface area contributed by atoms with Gasteiger partial charge in [-0.15, -0.1) is 0 Å². The lowest BCUT2D eigenvalue weighted by Gasteiger charge is -2.12. The van der Waals surface area contributed by atoms with Crippen LogP contribution in [0.25, 0.3) is 0 Å². The van der Waals surface area contributed by atoms with Crippen LogP contribution in [0.2, 0.25) is 0 Å². The van der Waals surface area contributed by atoms with E-state index in [2.05, 4.69) is 16.0 Å². The van der Waals surface area contributed by atoms with Gasteiger partial charge in [0.15, 0.2) is 0 Å². The highest BCUT2D eigenvalue weighted by atomic mass is 19.1. The molecule has 0 atom stereocenters. The molecule has 0 spiro atoms. The smallest absolute Gasteiger partial charge is 0.321 e. The standard InChI is InChI=1S/C14H19FN4O3/c1-3-4-17-14(22)19-12(20)7-18-11-6-9(13(16)21)5-10(15)8(11)2/h5-6,18H,3-4,7H2,1-2H3,(H2,16,21)(H2,17,19,20,22). The molecule has 4 amide bonds. The van der Waals surface area contributed by atoms with Crippen molar-refractivity contribution >= 4 is 23.5 Å². The van der Waals surface area contributed by atoms with E-state index in [1.54, 1.807) is 0 Å². The van der Waals surface area contributed by atoms with Crippen molar-refractivity contribution in [2.75, 3.05) is 18.4 Å². The largest absolute Gasteiger partial charge is 0.376 e. The summed E-state index contributed by atoms with van der Waals surface area (Å²) in [4.78, 5) is 34.0. The van der Waals surface area contributed by atoms with Crippen molar-refractivity contribution in [3.05, 3.63) is 29.1 Å². The molecule has 0 aliphatic carbocycles. The lowest BCUT2D eigenvalue weighted by molar-refractivity contribution is -0.118.